The number of ether oxygens (including phenoxy) is 1. The number of non-ortho nitro benzene ring substituents is 1. The topological polar surface area (TPSA) is 168 Å². The minimum Gasteiger partial charge on any atom is -0.494 e. The Balaban J connectivity index is 2.46. The van der Waals surface area contributed by atoms with E-state index in [1.54, 1.807) is 0 Å². The zero-order chi connectivity index (χ0) is 20.3. The van der Waals surface area contributed by atoms with Gasteiger partial charge in [0.15, 0.2) is 5.02 Å². The van der Waals surface area contributed by atoms with Gasteiger partial charge in [0.2, 0.25) is 0 Å². The Kier molecular flexibility index (Phi) is 5.51. The number of carbonyl (C=O) groups excluding carboxylic acids is 1. The Morgan fingerprint density at radius 2 is 1.56 bits per heavy atom. The minimum absolute atomic E-state index is 0.0216. The average Bonchev–Trinajstić information content (AvgIpc) is 2.61. The predicted octanol–water partition coefficient (Wildman–Crippen LogP) is 3.33. The number of rotatable bonds is 6. The van der Waals surface area contributed by atoms with Gasteiger partial charge in [-0.25, -0.2) is 0 Å². The third kappa shape index (κ3) is 4.07. The molecule has 13 heteroatoms. The maximum atomic E-state index is 12.4. The summed E-state index contributed by atoms with van der Waals surface area (Å²) in [5.74, 6) is -0.986. The van der Waals surface area contributed by atoms with E-state index in [-0.39, 0.29) is 17.1 Å². The highest BCUT2D eigenvalue weighted by molar-refractivity contribution is 6.35. The van der Waals surface area contributed by atoms with E-state index < -0.39 is 42.6 Å². The molecule has 0 atom stereocenters. The van der Waals surface area contributed by atoms with Crippen LogP contribution in [0.1, 0.15) is 10.4 Å². The molecule has 0 heterocycles. The highest BCUT2D eigenvalue weighted by Crippen LogP contribution is 2.35. The number of amides is 1. The van der Waals surface area contributed by atoms with E-state index in [4.69, 9.17) is 16.3 Å². The first-order valence-electron chi connectivity index (χ1n) is 6.91. The Bertz CT molecular complexity index is 943. The lowest BCUT2D eigenvalue weighted by molar-refractivity contribution is -0.393. The predicted molar refractivity (Wildman–Crippen MR) is 92.4 cm³/mol. The van der Waals surface area contributed by atoms with Crippen molar-refractivity contribution in [3.63, 3.8) is 0 Å². The highest BCUT2D eigenvalue weighted by Gasteiger charge is 2.27. The van der Waals surface area contributed by atoms with Crippen molar-refractivity contribution < 1.29 is 24.3 Å². The van der Waals surface area contributed by atoms with Crippen molar-refractivity contribution in [3.8, 4) is 5.75 Å². The average molecular weight is 397 g/mol. The van der Waals surface area contributed by atoms with Gasteiger partial charge in [-0.1, -0.05) is 11.6 Å². The van der Waals surface area contributed by atoms with Crippen LogP contribution in [0.2, 0.25) is 5.02 Å². The summed E-state index contributed by atoms with van der Waals surface area (Å²) in [4.78, 5) is 42.6. The molecule has 0 unspecified atom stereocenters. The summed E-state index contributed by atoms with van der Waals surface area (Å²) in [7, 11) is 1.21. The Labute approximate surface area is 154 Å². The van der Waals surface area contributed by atoms with Gasteiger partial charge in [0, 0.05) is 18.2 Å². The molecule has 0 saturated carbocycles. The van der Waals surface area contributed by atoms with Crippen molar-refractivity contribution in [1.29, 1.82) is 0 Å². The molecule has 0 fully saturated rings. The van der Waals surface area contributed by atoms with Gasteiger partial charge in [-0.15, -0.1) is 0 Å². The van der Waals surface area contributed by atoms with Crippen molar-refractivity contribution >= 4 is 40.3 Å². The van der Waals surface area contributed by atoms with Crippen LogP contribution in [-0.4, -0.2) is 27.8 Å². The third-order valence-electron chi connectivity index (χ3n) is 3.33. The maximum absolute atomic E-state index is 12.4. The lowest BCUT2D eigenvalue weighted by Gasteiger charge is -2.10. The van der Waals surface area contributed by atoms with Crippen LogP contribution in [0, 0.1) is 30.3 Å². The molecule has 140 valence electrons. The van der Waals surface area contributed by atoms with Gasteiger partial charge in [-0.3, -0.25) is 35.1 Å². The fraction of sp³-hybridized carbons (Fsp3) is 0.0714. The summed E-state index contributed by atoms with van der Waals surface area (Å²) in [6.45, 7) is 0. The van der Waals surface area contributed by atoms with Crippen molar-refractivity contribution in [2.45, 2.75) is 0 Å². The summed E-state index contributed by atoms with van der Waals surface area (Å²) >= 11 is 5.63. The Morgan fingerprint density at radius 3 is 2.00 bits per heavy atom. The first-order valence-corrected chi connectivity index (χ1v) is 7.29. The summed E-state index contributed by atoms with van der Waals surface area (Å²) < 4.78 is 4.96. The molecule has 1 amide bonds. The van der Waals surface area contributed by atoms with Gasteiger partial charge in [0.1, 0.15) is 5.75 Å². The molecule has 2 aromatic carbocycles. The molecule has 27 heavy (non-hydrogen) atoms. The number of nitro benzene ring substituents is 3. The first kappa shape index (κ1) is 19.5. The van der Waals surface area contributed by atoms with Crippen LogP contribution in [0.15, 0.2) is 30.3 Å². The zero-order valence-electron chi connectivity index (χ0n) is 13.4. The Morgan fingerprint density at radius 1 is 1.00 bits per heavy atom. The van der Waals surface area contributed by atoms with E-state index in [0.717, 1.165) is 24.3 Å². The standard InChI is InChI=1S/C14H9ClN4O8/c1-27-12-6-8(17(21)22)2-3-9(12)16-14(20)7-4-10(18(23)24)13(15)11(5-7)19(25)26/h2-6H,1H3,(H,16,20). The van der Waals surface area contributed by atoms with Crippen LogP contribution in [0.5, 0.6) is 5.75 Å². The summed E-state index contributed by atoms with van der Waals surface area (Å²) in [6.07, 6.45) is 0. The largest absolute Gasteiger partial charge is 0.494 e. The van der Waals surface area contributed by atoms with Crippen molar-refractivity contribution in [1.82, 2.24) is 0 Å². The van der Waals surface area contributed by atoms with E-state index in [1.165, 1.54) is 13.2 Å². The second-order valence-corrected chi connectivity index (χ2v) is 5.32. The lowest BCUT2D eigenvalue weighted by Crippen LogP contribution is -2.13. The number of nitro groups is 3. The normalized spacial score (nSPS) is 10.1. The van der Waals surface area contributed by atoms with Crippen LogP contribution in [-0.2, 0) is 0 Å². The molecule has 2 aromatic rings. The number of anilines is 1. The molecule has 0 aromatic heterocycles. The molecule has 1 N–H and O–H groups in total. The minimum atomic E-state index is -0.960. The maximum Gasteiger partial charge on any atom is 0.295 e. The van der Waals surface area contributed by atoms with E-state index in [1.807, 2.05) is 0 Å². The quantitative estimate of drug-likeness (QED) is 0.572. The number of nitrogens with one attached hydrogen (secondary N) is 1. The molecule has 0 radical (unpaired) electrons. The second-order valence-electron chi connectivity index (χ2n) is 4.94. The number of halogens is 1. The van der Waals surface area contributed by atoms with Gasteiger partial charge in [0.25, 0.3) is 23.0 Å². The first-order chi connectivity index (χ1) is 12.6. The number of hydrogen-bond acceptors (Lipinski definition) is 8. The summed E-state index contributed by atoms with van der Waals surface area (Å²) in [5.41, 5.74) is -2.30. The molecule has 0 bridgehead atoms. The highest BCUT2D eigenvalue weighted by atomic mass is 35.5. The van der Waals surface area contributed by atoms with E-state index >= 15 is 0 Å². The molecular formula is C14H9ClN4O8. The van der Waals surface area contributed by atoms with E-state index in [2.05, 4.69) is 5.32 Å². The Hall–Kier alpha value is -3.80. The van der Waals surface area contributed by atoms with Gasteiger partial charge in [-0.05, 0) is 6.07 Å². The van der Waals surface area contributed by atoms with Crippen molar-refractivity contribution in [2.24, 2.45) is 0 Å². The van der Waals surface area contributed by atoms with Crippen LogP contribution < -0.4 is 10.1 Å². The number of benzene rings is 2. The van der Waals surface area contributed by atoms with Crippen molar-refractivity contribution in [2.75, 3.05) is 12.4 Å². The molecule has 0 aliphatic rings. The second kappa shape index (κ2) is 7.61. The fourth-order valence-corrected chi connectivity index (χ4v) is 2.33. The molecule has 2 rings (SSSR count). The van der Waals surface area contributed by atoms with Crippen molar-refractivity contribution in [3.05, 3.63) is 71.3 Å². The molecule has 0 saturated heterocycles. The number of nitrogens with zero attached hydrogens (tertiary/aromatic N) is 3. The molecule has 12 nitrogen and oxygen atoms in total. The number of carbonyl (C=O) groups is 1. The third-order valence-corrected chi connectivity index (χ3v) is 3.72. The monoisotopic (exact) mass is 396 g/mol. The van der Waals surface area contributed by atoms with E-state index in [0.29, 0.717) is 0 Å². The van der Waals surface area contributed by atoms with Crippen LogP contribution >= 0.6 is 11.6 Å². The molecule has 0 aliphatic heterocycles. The smallest absolute Gasteiger partial charge is 0.295 e. The SMILES string of the molecule is COc1cc([N+](=O)[O-])ccc1NC(=O)c1cc([N+](=O)[O-])c(Cl)c([N+](=O)[O-])c1. The van der Waals surface area contributed by atoms with Gasteiger partial charge >= 0.3 is 0 Å². The van der Waals surface area contributed by atoms with E-state index in [9.17, 15) is 35.1 Å². The van der Waals surface area contributed by atoms with Gasteiger partial charge in [-0.2, -0.15) is 0 Å². The van der Waals surface area contributed by atoms with Crippen LogP contribution in [0.3, 0.4) is 0 Å². The number of hydrogen-bond donors (Lipinski definition) is 1. The molecule has 0 aliphatic carbocycles. The summed E-state index contributed by atoms with van der Waals surface area (Å²) in [5, 5.41) is 34.4. The lowest BCUT2D eigenvalue weighted by atomic mass is 10.1. The number of methoxy groups -OCH3 is 1. The van der Waals surface area contributed by atoms with Crippen LogP contribution in [0.4, 0.5) is 22.7 Å². The summed E-state index contributed by atoms with van der Waals surface area (Å²) in [6, 6.07) is 4.91. The van der Waals surface area contributed by atoms with Gasteiger partial charge in [0.05, 0.1) is 39.2 Å². The molecule has 0 spiro atoms. The zero-order valence-corrected chi connectivity index (χ0v) is 14.1. The fourth-order valence-electron chi connectivity index (χ4n) is 2.08. The van der Waals surface area contributed by atoms with Crippen LogP contribution in [0.25, 0.3) is 0 Å². The molecular weight excluding hydrogens is 388 g/mol. The van der Waals surface area contributed by atoms with Gasteiger partial charge < -0.3 is 10.1 Å².